The average molecular weight is 309 g/mol. The first-order valence-corrected chi connectivity index (χ1v) is 5.51. The van der Waals surface area contributed by atoms with Crippen molar-refractivity contribution in [2.24, 2.45) is 0 Å². The Morgan fingerprint density at radius 3 is 1.88 bits per heavy atom. The molecule has 0 bridgehead atoms. The quantitative estimate of drug-likeness (QED) is 0.702. The average Bonchev–Trinajstić information content (AvgIpc) is 1.84. The van der Waals surface area contributed by atoms with E-state index in [0.29, 0.717) is 9.65 Å². The van der Waals surface area contributed by atoms with Crippen LogP contribution in [0.2, 0.25) is 0 Å². The second-order valence-electron chi connectivity index (χ2n) is 1.59. The first-order chi connectivity index (χ1) is 3.72. The van der Waals surface area contributed by atoms with Crippen LogP contribution in [0.25, 0.3) is 0 Å². The molecule has 50 valence electrons. The second kappa shape index (κ2) is 5.24. The van der Waals surface area contributed by atoms with Gasteiger partial charge in [-0.3, -0.25) is 0 Å². The van der Waals surface area contributed by atoms with E-state index >= 15 is 0 Å². The highest BCUT2D eigenvalue weighted by Crippen LogP contribution is 2.18. The number of hydrogen-bond acceptors (Lipinski definition) is 0. The highest BCUT2D eigenvalue weighted by molar-refractivity contribution is 9.13. The second-order valence-corrected chi connectivity index (χ2v) is 4.59. The van der Waals surface area contributed by atoms with E-state index in [2.05, 4.69) is 54.7 Å². The highest BCUT2D eigenvalue weighted by Gasteiger charge is 2.10. The Morgan fingerprint density at radius 1 is 1.25 bits per heavy atom. The first kappa shape index (κ1) is 9.44. The Morgan fingerprint density at radius 2 is 1.75 bits per heavy atom. The zero-order valence-electron chi connectivity index (χ0n) is 4.70. The Hall–Kier alpha value is 1.44. The van der Waals surface area contributed by atoms with Gasteiger partial charge in [0.05, 0.1) is 0 Å². The Bertz CT molecular complexity index is 47.6. The third-order valence-electron chi connectivity index (χ3n) is 0.930. The summed E-state index contributed by atoms with van der Waals surface area (Å²) in [6.07, 6.45) is 1.17. The Labute approximate surface area is 75.8 Å². The Balaban J connectivity index is 3.29. The molecule has 0 rings (SSSR count). The molecule has 0 aromatic heterocycles. The number of alkyl halides is 3. The third kappa shape index (κ3) is 3.46. The largest absolute Gasteiger partial charge is 0.0916 e. The predicted molar refractivity (Wildman–Crippen MR) is 49.5 cm³/mol. The highest BCUT2D eigenvalue weighted by atomic mass is 79.9. The minimum atomic E-state index is 0.562. The van der Waals surface area contributed by atoms with Crippen LogP contribution in [0.1, 0.15) is 13.3 Å². The topological polar surface area (TPSA) is 0 Å². The van der Waals surface area contributed by atoms with Crippen LogP contribution in [0.3, 0.4) is 0 Å². The lowest BCUT2D eigenvalue weighted by atomic mass is 10.3. The maximum absolute atomic E-state index is 3.53. The summed E-state index contributed by atoms with van der Waals surface area (Å²) in [7, 11) is 0. The molecule has 0 aromatic carbocycles. The summed E-state index contributed by atoms with van der Waals surface area (Å²) in [6, 6.07) is 0. The van der Waals surface area contributed by atoms with Gasteiger partial charge in [0.25, 0.3) is 0 Å². The van der Waals surface area contributed by atoms with Gasteiger partial charge in [-0.05, 0) is 6.42 Å². The van der Waals surface area contributed by atoms with Crippen LogP contribution >= 0.6 is 47.8 Å². The molecule has 0 radical (unpaired) electrons. The molecule has 0 saturated heterocycles. The smallest absolute Gasteiger partial charge is 0.0367 e. The van der Waals surface area contributed by atoms with E-state index in [1.165, 1.54) is 6.42 Å². The van der Waals surface area contributed by atoms with Crippen molar-refractivity contribution >= 4 is 47.8 Å². The SMILES string of the molecule is CCC(Br)C(Br)CBr. The van der Waals surface area contributed by atoms with Crippen LogP contribution in [-0.4, -0.2) is 15.0 Å². The van der Waals surface area contributed by atoms with Gasteiger partial charge in [0.1, 0.15) is 0 Å². The number of halogens is 3. The van der Waals surface area contributed by atoms with E-state index in [-0.39, 0.29) is 0 Å². The zero-order valence-corrected chi connectivity index (χ0v) is 9.46. The van der Waals surface area contributed by atoms with Crippen molar-refractivity contribution in [3.8, 4) is 0 Å². The monoisotopic (exact) mass is 306 g/mol. The molecule has 0 aromatic rings. The maximum atomic E-state index is 3.53. The van der Waals surface area contributed by atoms with Gasteiger partial charge in [-0.2, -0.15) is 0 Å². The molecule has 0 spiro atoms. The van der Waals surface area contributed by atoms with E-state index < -0.39 is 0 Å². The van der Waals surface area contributed by atoms with Crippen molar-refractivity contribution in [3.05, 3.63) is 0 Å². The fourth-order valence-corrected chi connectivity index (χ4v) is 1.87. The van der Waals surface area contributed by atoms with Crippen LogP contribution < -0.4 is 0 Å². The van der Waals surface area contributed by atoms with Crippen LogP contribution in [0.5, 0.6) is 0 Å². The predicted octanol–water partition coefficient (Wildman–Crippen LogP) is 3.32. The van der Waals surface area contributed by atoms with Gasteiger partial charge in [-0.25, -0.2) is 0 Å². The number of hydrogen-bond donors (Lipinski definition) is 0. The van der Waals surface area contributed by atoms with Crippen molar-refractivity contribution in [3.63, 3.8) is 0 Å². The molecular formula is C5H9Br3. The molecular weight excluding hydrogens is 300 g/mol. The van der Waals surface area contributed by atoms with E-state index in [9.17, 15) is 0 Å². The lowest BCUT2D eigenvalue weighted by Crippen LogP contribution is -2.13. The molecule has 0 N–H and O–H groups in total. The molecule has 0 aliphatic carbocycles. The molecule has 2 unspecified atom stereocenters. The molecule has 0 saturated carbocycles. The molecule has 0 heterocycles. The summed E-state index contributed by atoms with van der Waals surface area (Å²) < 4.78 is 0. The molecule has 0 nitrogen and oxygen atoms in total. The maximum Gasteiger partial charge on any atom is 0.0367 e. The van der Waals surface area contributed by atoms with Gasteiger partial charge in [0, 0.05) is 15.0 Å². The third-order valence-corrected chi connectivity index (χ3v) is 5.45. The standard InChI is InChI=1S/C5H9Br3/c1-2-4(7)5(8)3-6/h4-5H,2-3H2,1H3. The lowest BCUT2D eigenvalue weighted by Gasteiger charge is -2.09. The van der Waals surface area contributed by atoms with Crippen LogP contribution in [0.15, 0.2) is 0 Å². The minimum absolute atomic E-state index is 0.562. The molecule has 3 heteroatoms. The van der Waals surface area contributed by atoms with Crippen molar-refractivity contribution < 1.29 is 0 Å². The lowest BCUT2D eigenvalue weighted by molar-refractivity contribution is 0.840. The van der Waals surface area contributed by atoms with Gasteiger partial charge in [-0.1, -0.05) is 54.7 Å². The Kier molecular flexibility index (Phi) is 6.19. The molecule has 0 aliphatic rings. The van der Waals surface area contributed by atoms with Crippen LogP contribution in [0, 0.1) is 0 Å². The summed E-state index contributed by atoms with van der Waals surface area (Å²) in [5.41, 5.74) is 0. The van der Waals surface area contributed by atoms with Crippen molar-refractivity contribution in [1.29, 1.82) is 0 Å². The molecule has 0 aliphatic heterocycles. The summed E-state index contributed by atoms with van der Waals surface area (Å²) in [5.74, 6) is 0. The van der Waals surface area contributed by atoms with Crippen LogP contribution in [0.4, 0.5) is 0 Å². The molecule has 0 amide bonds. The van der Waals surface area contributed by atoms with Gasteiger partial charge in [0.15, 0.2) is 0 Å². The summed E-state index contributed by atoms with van der Waals surface area (Å²) >= 11 is 10.4. The zero-order chi connectivity index (χ0) is 6.57. The van der Waals surface area contributed by atoms with E-state index in [1.807, 2.05) is 0 Å². The van der Waals surface area contributed by atoms with Gasteiger partial charge in [0.2, 0.25) is 0 Å². The fourth-order valence-electron chi connectivity index (χ4n) is 0.352. The van der Waals surface area contributed by atoms with E-state index in [4.69, 9.17) is 0 Å². The fraction of sp³-hybridized carbons (Fsp3) is 1.00. The normalized spacial score (nSPS) is 18.0. The summed E-state index contributed by atoms with van der Waals surface area (Å²) in [4.78, 5) is 1.16. The van der Waals surface area contributed by atoms with Gasteiger partial charge >= 0.3 is 0 Å². The van der Waals surface area contributed by atoms with E-state index in [0.717, 1.165) is 5.33 Å². The first-order valence-electron chi connectivity index (χ1n) is 2.56. The molecule has 8 heavy (non-hydrogen) atoms. The summed E-state index contributed by atoms with van der Waals surface area (Å²) in [6.45, 7) is 2.16. The van der Waals surface area contributed by atoms with Gasteiger partial charge in [-0.15, -0.1) is 0 Å². The van der Waals surface area contributed by atoms with Crippen molar-refractivity contribution in [2.75, 3.05) is 5.33 Å². The minimum Gasteiger partial charge on any atom is -0.0916 e. The van der Waals surface area contributed by atoms with Gasteiger partial charge < -0.3 is 0 Å². The number of rotatable bonds is 3. The van der Waals surface area contributed by atoms with Crippen LogP contribution in [-0.2, 0) is 0 Å². The van der Waals surface area contributed by atoms with Crippen molar-refractivity contribution in [1.82, 2.24) is 0 Å². The molecule has 0 fully saturated rings. The van der Waals surface area contributed by atoms with Crippen molar-refractivity contribution in [2.45, 2.75) is 23.0 Å². The molecule has 2 atom stereocenters. The van der Waals surface area contributed by atoms with E-state index in [1.54, 1.807) is 0 Å². The summed E-state index contributed by atoms with van der Waals surface area (Å²) in [5, 5.41) is 1.01.